The minimum Gasteiger partial charge on any atom is -0.388 e. The van der Waals surface area contributed by atoms with Gasteiger partial charge in [-0.2, -0.15) is 0 Å². The van der Waals surface area contributed by atoms with Crippen LogP contribution in [0, 0.1) is 0 Å². The zero-order valence-corrected chi connectivity index (χ0v) is 12.0. The molecule has 0 aromatic rings. The predicted molar refractivity (Wildman–Crippen MR) is 77.6 cm³/mol. The van der Waals surface area contributed by atoms with Crippen LogP contribution >= 0.6 is 0 Å². The molecule has 0 aliphatic rings. The Labute approximate surface area is 107 Å². The summed E-state index contributed by atoms with van der Waals surface area (Å²) in [5.41, 5.74) is 1.27. The first-order valence-electron chi connectivity index (χ1n) is 7.01. The summed E-state index contributed by atoms with van der Waals surface area (Å²) in [6.07, 6.45) is 6.55. The average molecular weight is 239 g/mol. The Kier molecular flexibility index (Phi) is 10.8. The Morgan fingerprint density at radius 2 is 1.59 bits per heavy atom. The lowest BCUT2D eigenvalue weighted by atomic mass is 10.3. The van der Waals surface area contributed by atoms with E-state index in [0.717, 1.165) is 51.2 Å². The fourth-order valence-corrected chi connectivity index (χ4v) is 1.37. The number of hydrogen-bond donors (Lipinski definition) is 2. The van der Waals surface area contributed by atoms with Crippen molar-refractivity contribution < 1.29 is 0 Å². The molecule has 0 aliphatic carbocycles. The summed E-state index contributed by atoms with van der Waals surface area (Å²) < 4.78 is 0. The van der Waals surface area contributed by atoms with E-state index in [1.165, 1.54) is 5.70 Å². The molecule has 0 unspecified atom stereocenters. The topological polar surface area (TPSA) is 36.4 Å². The number of amidine groups is 1. The Bertz CT molecular complexity index is 232. The molecule has 0 heterocycles. The molecular weight excluding hydrogens is 210 g/mol. The van der Waals surface area contributed by atoms with E-state index in [1.807, 2.05) is 0 Å². The second-order valence-corrected chi connectivity index (χ2v) is 4.14. The molecule has 0 rings (SSSR count). The molecule has 3 heteroatoms. The molecule has 0 spiro atoms. The zero-order chi connectivity index (χ0) is 12.9. The summed E-state index contributed by atoms with van der Waals surface area (Å²) in [7, 11) is 0. The average Bonchev–Trinajstić information content (AvgIpc) is 2.36. The summed E-state index contributed by atoms with van der Waals surface area (Å²) >= 11 is 0. The summed E-state index contributed by atoms with van der Waals surface area (Å²) in [5, 5.41) is 6.82. The quantitative estimate of drug-likeness (QED) is 0.479. The summed E-state index contributed by atoms with van der Waals surface area (Å²) in [6, 6.07) is 0. The lowest BCUT2D eigenvalue weighted by molar-refractivity contribution is 0.741. The van der Waals surface area contributed by atoms with E-state index in [-0.39, 0.29) is 0 Å². The van der Waals surface area contributed by atoms with Crippen molar-refractivity contribution in [2.45, 2.75) is 53.4 Å². The smallest absolute Gasteiger partial charge is 0.122 e. The molecule has 2 N–H and O–H groups in total. The van der Waals surface area contributed by atoms with E-state index >= 15 is 0 Å². The number of rotatable bonds is 9. The van der Waals surface area contributed by atoms with Crippen LogP contribution in [0.1, 0.15) is 53.4 Å². The highest BCUT2D eigenvalue weighted by atomic mass is 15.0. The summed E-state index contributed by atoms with van der Waals surface area (Å²) in [4.78, 5) is 4.56. The van der Waals surface area contributed by atoms with Gasteiger partial charge in [0.1, 0.15) is 5.84 Å². The Balaban J connectivity index is 4.47. The fraction of sp³-hybridized carbons (Fsp3) is 0.786. The number of hydrogen-bond acceptors (Lipinski definition) is 2. The lowest BCUT2D eigenvalue weighted by Crippen LogP contribution is -2.25. The van der Waals surface area contributed by atoms with Crippen LogP contribution < -0.4 is 10.6 Å². The van der Waals surface area contributed by atoms with Gasteiger partial charge in [0.25, 0.3) is 0 Å². The highest BCUT2D eigenvalue weighted by molar-refractivity contribution is 5.93. The first kappa shape index (κ1) is 16.0. The number of allylic oxidation sites excluding steroid dienone is 1. The molecule has 17 heavy (non-hydrogen) atoms. The van der Waals surface area contributed by atoms with Crippen molar-refractivity contribution in [3.8, 4) is 0 Å². The van der Waals surface area contributed by atoms with Gasteiger partial charge in [0, 0.05) is 25.3 Å². The first-order valence-corrected chi connectivity index (χ1v) is 7.01. The Morgan fingerprint density at radius 3 is 2.12 bits per heavy atom. The van der Waals surface area contributed by atoms with Gasteiger partial charge < -0.3 is 10.6 Å². The number of nitrogens with zero attached hydrogens (tertiary/aromatic N) is 1. The van der Waals surface area contributed by atoms with E-state index in [1.54, 1.807) is 0 Å². The highest BCUT2D eigenvalue weighted by Crippen LogP contribution is 1.97. The molecule has 0 bridgehead atoms. The maximum atomic E-state index is 4.56. The molecule has 0 aromatic carbocycles. The van der Waals surface area contributed by atoms with Crippen LogP contribution in [-0.4, -0.2) is 25.5 Å². The number of aliphatic imine (C=N–C) groups is 1. The third-order valence-electron chi connectivity index (χ3n) is 2.36. The van der Waals surface area contributed by atoms with Gasteiger partial charge >= 0.3 is 0 Å². The zero-order valence-electron chi connectivity index (χ0n) is 12.0. The second-order valence-electron chi connectivity index (χ2n) is 4.14. The Hall–Kier alpha value is -0.990. The third kappa shape index (κ3) is 8.78. The van der Waals surface area contributed by atoms with Crippen molar-refractivity contribution >= 4 is 5.84 Å². The van der Waals surface area contributed by atoms with Crippen molar-refractivity contribution in [1.29, 1.82) is 0 Å². The molecule has 100 valence electrons. The van der Waals surface area contributed by atoms with E-state index in [4.69, 9.17) is 0 Å². The maximum Gasteiger partial charge on any atom is 0.122 e. The highest BCUT2D eigenvalue weighted by Gasteiger charge is 1.97. The minimum absolute atomic E-state index is 0.896. The van der Waals surface area contributed by atoms with Crippen LogP contribution in [0.3, 0.4) is 0 Å². The first-order chi connectivity index (χ1) is 8.28. The molecule has 0 radical (unpaired) electrons. The molecule has 0 aromatic heterocycles. The molecule has 0 atom stereocenters. The normalized spacial score (nSPS) is 12.7. The molecule has 0 saturated heterocycles. The van der Waals surface area contributed by atoms with Gasteiger partial charge in [-0.25, -0.2) is 0 Å². The summed E-state index contributed by atoms with van der Waals surface area (Å²) in [6.45, 7) is 11.6. The van der Waals surface area contributed by atoms with Gasteiger partial charge in [0.2, 0.25) is 0 Å². The minimum atomic E-state index is 0.896. The molecule has 0 aliphatic heterocycles. The van der Waals surface area contributed by atoms with Crippen LogP contribution in [-0.2, 0) is 0 Å². The van der Waals surface area contributed by atoms with E-state index in [9.17, 15) is 0 Å². The molecule has 0 saturated carbocycles. The van der Waals surface area contributed by atoms with Crippen molar-refractivity contribution in [3.05, 3.63) is 11.8 Å². The standard InChI is InChI=1S/C14H29N3/c1-5-9-15-13(8-4)12-14(16-10-6-2)17-11-7-3/h12,15H,5-11H2,1-4H3,(H,16,17)/b13-12+. The largest absolute Gasteiger partial charge is 0.388 e. The van der Waals surface area contributed by atoms with Crippen molar-refractivity contribution in [2.24, 2.45) is 4.99 Å². The lowest BCUT2D eigenvalue weighted by Gasteiger charge is -2.10. The molecule has 0 fully saturated rings. The summed E-state index contributed by atoms with van der Waals surface area (Å²) in [5.74, 6) is 1.02. The Morgan fingerprint density at radius 1 is 0.941 bits per heavy atom. The fourth-order valence-electron chi connectivity index (χ4n) is 1.37. The van der Waals surface area contributed by atoms with E-state index in [2.05, 4.69) is 49.4 Å². The molecular formula is C14H29N3. The van der Waals surface area contributed by atoms with Crippen LogP contribution in [0.4, 0.5) is 0 Å². The SMILES string of the molecule is CCCN=C(/C=C(\CC)NCCC)NCCC. The van der Waals surface area contributed by atoms with E-state index in [0.29, 0.717) is 0 Å². The van der Waals surface area contributed by atoms with Crippen molar-refractivity contribution in [3.63, 3.8) is 0 Å². The predicted octanol–water partition coefficient (Wildman–Crippen LogP) is 3.09. The van der Waals surface area contributed by atoms with Gasteiger partial charge in [-0.15, -0.1) is 0 Å². The van der Waals surface area contributed by atoms with Crippen molar-refractivity contribution in [2.75, 3.05) is 19.6 Å². The van der Waals surface area contributed by atoms with Crippen LogP contribution in [0.5, 0.6) is 0 Å². The van der Waals surface area contributed by atoms with E-state index < -0.39 is 0 Å². The molecule has 0 amide bonds. The third-order valence-corrected chi connectivity index (χ3v) is 2.36. The van der Waals surface area contributed by atoms with Crippen LogP contribution in [0.2, 0.25) is 0 Å². The van der Waals surface area contributed by atoms with Gasteiger partial charge in [0.05, 0.1) is 0 Å². The second kappa shape index (κ2) is 11.5. The molecule has 3 nitrogen and oxygen atoms in total. The van der Waals surface area contributed by atoms with Crippen molar-refractivity contribution in [1.82, 2.24) is 10.6 Å². The van der Waals surface area contributed by atoms with Gasteiger partial charge in [-0.1, -0.05) is 27.7 Å². The van der Waals surface area contributed by atoms with Crippen LogP contribution in [0.25, 0.3) is 0 Å². The number of nitrogens with one attached hydrogen (secondary N) is 2. The van der Waals surface area contributed by atoms with Gasteiger partial charge in [0.15, 0.2) is 0 Å². The van der Waals surface area contributed by atoms with Crippen LogP contribution in [0.15, 0.2) is 16.8 Å². The monoisotopic (exact) mass is 239 g/mol. The van der Waals surface area contributed by atoms with Gasteiger partial charge in [-0.05, 0) is 31.8 Å². The maximum absolute atomic E-state index is 4.56. The van der Waals surface area contributed by atoms with Gasteiger partial charge in [-0.3, -0.25) is 4.99 Å².